The summed E-state index contributed by atoms with van der Waals surface area (Å²) in [5.41, 5.74) is 4.29. The first kappa shape index (κ1) is 12.6. The third kappa shape index (κ3) is 2.34. The minimum absolute atomic E-state index is 0.221. The van der Waals surface area contributed by atoms with E-state index < -0.39 is 0 Å². The highest BCUT2D eigenvalue weighted by molar-refractivity contribution is 5.79. The van der Waals surface area contributed by atoms with Crippen LogP contribution in [0.25, 0.3) is 22.3 Å². The molecule has 0 aromatic carbocycles. The second kappa shape index (κ2) is 5.28. The summed E-state index contributed by atoms with van der Waals surface area (Å²) in [5, 5.41) is 0. The van der Waals surface area contributed by atoms with Crippen molar-refractivity contribution in [3.8, 4) is 11.1 Å². The standard InChI is InChI=1S/C15H16N4O/c1-2-3-4-12-11(10-5-7-16-8-6-10)9-13-14(17-12)19-15(20)18-13/h5-9H,2-4H2,1H3,(H2,17,18,19,20). The molecule has 5 nitrogen and oxygen atoms in total. The quantitative estimate of drug-likeness (QED) is 0.764. The Morgan fingerprint density at radius 1 is 1.20 bits per heavy atom. The summed E-state index contributed by atoms with van der Waals surface area (Å²) in [7, 11) is 0. The number of nitrogens with one attached hydrogen (secondary N) is 2. The van der Waals surface area contributed by atoms with Crippen molar-refractivity contribution in [2.24, 2.45) is 0 Å². The lowest BCUT2D eigenvalue weighted by molar-refractivity contribution is 0.780. The zero-order valence-electron chi connectivity index (χ0n) is 11.3. The number of fused-ring (bicyclic) bond motifs is 1. The van der Waals surface area contributed by atoms with Gasteiger partial charge in [0.25, 0.3) is 0 Å². The molecule has 0 aliphatic carbocycles. The molecule has 0 bridgehead atoms. The molecule has 3 rings (SSSR count). The lowest BCUT2D eigenvalue weighted by Crippen LogP contribution is -1.99. The van der Waals surface area contributed by atoms with Gasteiger partial charge in [-0.3, -0.25) is 9.97 Å². The largest absolute Gasteiger partial charge is 0.325 e. The van der Waals surface area contributed by atoms with Gasteiger partial charge in [-0.25, -0.2) is 9.78 Å². The molecule has 0 aliphatic heterocycles. The minimum atomic E-state index is -0.221. The zero-order chi connectivity index (χ0) is 13.9. The van der Waals surface area contributed by atoms with E-state index in [0.29, 0.717) is 5.65 Å². The van der Waals surface area contributed by atoms with Gasteiger partial charge in [-0.2, -0.15) is 0 Å². The molecule has 2 N–H and O–H groups in total. The highest BCUT2D eigenvalue weighted by Gasteiger charge is 2.10. The summed E-state index contributed by atoms with van der Waals surface area (Å²) >= 11 is 0. The summed E-state index contributed by atoms with van der Waals surface area (Å²) in [6.07, 6.45) is 6.62. The number of aryl methyl sites for hydroxylation is 1. The average molecular weight is 268 g/mol. The van der Waals surface area contributed by atoms with Crippen molar-refractivity contribution in [2.45, 2.75) is 26.2 Å². The number of aromatic amines is 2. The number of hydrogen-bond donors (Lipinski definition) is 2. The third-order valence-corrected chi connectivity index (χ3v) is 3.34. The first-order valence-corrected chi connectivity index (χ1v) is 6.80. The molecule has 3 aromatic rings. The van der Waals surface area contributed by atoms with Crippen LogP contribution >= 0.6 is 0 Å². The van der Waals surface area contributed by atoms with Crippen LogP contribution in [0, 0.1) is 0 Å². The van der Waals surface area contributed by atoms with Crippen molar-refractivity contribution >= 4 is 11.2 Å². The van der Waals surface area contributed by atoms with E-state index in [4.69, 9.17) is 0 Å². The summed E-state index contributed by atoms with van der Waals surface area (Å²) in [5.74, 6) is 0. The van der Waals surface area contributed by atoms with Crippen molar-refractivity contribution in [1.29, 1.82) is 0 Å². The Balaban J connectivity index is 2.18. The van der Waals surface area contributed by atoms with Gasteiger partial charge in [0, 0.05) is 18.0 Å². The molecule has 0 fully saturated rings. The maximum absolute atomic E-state index is 11.4. The van der Waals surface area contributed by atoms with E-state index in [1.807, 2.05) is 18.2 Å². The van der Waals surface area contributed by atoms with Crippen molar-refractivity contribution in [2.75, 3.05) is 0 Å². The predicted octanol–water partition coefficient (Wildman–Crippen LogP) is 2.66. The molecule has 5 heteroatoms. The summed E-state index contributed by atoms with van der Waals surface area (Å²) in [4.78, 5) is 25.5. The molecule has 0 saturated carbocycles. The Labute approximate surface area is 116 Å². The highest BCUT2D eigenvalue weighted by atomic mass is 16.1. The van der Waals surface area contributed by atoms with Gasteiger partial charge < -0.3 is 4.98 Å². The van der Waals surface area contributed by atoms with Crippen molar-refractivity contribution in [3.05, 3.63) is 46.8 Å². The van der Waals surface area contributed by atoms with Gasteiger partial charge in [-0.05, 0) is 36.6 Å². The number of imidazole rings is 1. The fourth-order valence-corrected chi connectivity index (χ4v) is 2.32. The number of unbranched alkanes of at least 4 members (excludes halogenated alkanes) is 1. The fraction of sp³-hybridized carbons (Fsp3) is 0.267. The van der Waals surface area contributed by atoms with Crippen LogP contribution in [-0.4, -0.2) is 19.9 Å². The molecule has 0 saturated heterocycles. The zero-order valence-corrected chi connectivity index (χ0v) is 11.3. The van der Waals surface area contributed by atoms with Crippen molar-refractivity contribution < 1.29 is 0 Å². The predicted molar refractivity (Wildman–Crippen MR) is 78.6 cm³/mol. The first-order chi connectivity index (χ1) is 9.78. The molecule has 0 unspecified atom stereocenters. The average Bonchev–Trinajstić information content (AvgIpc) is 2.84. The summed E-state index contributed by atoms with van der Waals surface area (Å²) in [6.45, 7) is 2.16. The maximum atomic E-state index is 11.4. The molecular formula is C15H16N4O. The number of nitrogens with zero attached hydrogens (tertiary/aromatic N) is 2. The van der Waals surface area contributed by atoms with Gasteiger partial charge in [0.15, 0.2) is 5.65 Å². The van der Waals surface area contributed by atoms with E-state index in [2.05, 4.69) is 26.9 Å². The topological polar surface area (TPSA) is 74.4 Å². The Bertz CT molecular complexity index is 773. The highest BCUT2D eigenvalue weighted by Crippen LogP contribution is 2.25. The number of aromatic nitrogens is 4. The second-order valence-electron chi connectivity index (χ2n) is 4.80. The maximum Gasteiger partial charge on any atom is 0.325 e. The van der Waals surface area contributed by atoms with E-state index in [9.17, 15) is 4.79 Å². The summed E-state index contributed by atoms with van der Waals surface area (Å²) < 4.78 is 0. The number of pyridine rings is 2. The van der Waals surface area contributed by atoms with E-state index in [1.165, 1.54) is 0 Å². The van der Waals surface area contributed by atoms with E-state index in [1.54, 1.807) is 12.4 Å². The van der Waals surface area contributed by atoms with Gasteiger partial charge in [-0.15, -0.1) is 0 Å². The number of H-pyrrole nitrogens is 2. The van der Waals surface area contributed by atoms with Gasteiger partial charge in [0.2, 0.25) is 0 Å². The Morgan fingerprint density at radius 2 is 2.00 bits per heavy atom. The van der Waals surface area contributed by atoms with Crippen LogP contribution in [0.3, 0.4) is 0 Å². The molecule has 0 spiro atoms. The van der Waals surface area contributed by atoms with Crippen molar-refractivity contribution in [1.82, 2.24) is 19.9 Å². The van der Waals surface area contributed by atoms with Gasteiger partial charge in [-0.1, -0.05) is 13.3 Å². The van der Waals surface area contributed by atoms with E-state index >= 15 is 0 Å². The normalized spacial score (nSPS) is 11.1. The third-order valence-electron chi connectivity index (χ3n) is 3.34. The van der Waals surface area contributed by atoms with Gasteiger partial charge in [0.05, 0.1) is 11.2 Å². The molecule has 20 heavy (non-hydrogen) atoms. The SMILES string of the molecule is CCCCc1nc2[nH]c(=O)[nH]c2cc1-c1ccncc1. The smallest absolute Gasteiger partial charge is 0.304 e. The molecule has 3 aromatic heterocycles. The summed E-state index contributed by atoms with van der Waals surface area (Å²) in [6, 6.07) is 5.91. The minimum Gasteiger partial charge on any atom is -0.304 e. The van der Waals surface area contributed by atoms with Crippen LogP contribution in [0.15, 0.2) is 35.4 Å². The first-order valence-electron chi connectivity index (χ1n) is 6.80. The van der Waals surface area contributed by atoms with E-state index in [0.717, 1.165) is 41.6 Å². The van der Waals surface area contributed by atoms with Crippen LogP contribution in [0.5, 0.6) is 0 Å². The number of hydrogen-bond acceptors (Lipinski definition) is 3. The van der Waals surface area contributed by atoms with Crippen molar-refractivity contribution in [3.63, 3.8) is 0 Å². The Morgan fingerprint density at radius 3 is 2.75 bits per heavy atom. The molecule has 3 heterocycles. The fourth-order valence-electron chi connectivity index (χ4n) is 2.32. The van der Waals surface area contributed by atoms with Crippen LogP contribution in [0.2, 0.25) is 0 Å². The van der Waals surface area contributed by atoms with E-state index in [-0.39, 0.29) is 5.69 Å². The molecule has 0 atom stereocenters. The molecule has 0 aliphatic rings. The monoisotopic (exact) mass is 268 g/mol. The van der Waals surface area contributed by atoms with Gasteiger partial charge >= 0.3 is 5.69 Å². The van der Waals surface area contributed by atoms with Gasteiger partial charge in [0.1, 0.15) is 0 Å². The molecular weight excluding hydrogens is 252 g/mol. The van der Waals surface area contributed by atoms with Crippen LogP contribution in [0.4, 0.5) is 0 Å². The number of rotatable bonds is 4. The second-order valence-corrected chi connectivity index (χ2v) is 4.80. The Kier molecular flexibility index (Phi) is 3.33. The van der Waals surface area contributed by atoms with Crippen LogP contribution in [-0.2, 0) is 6.42 Å². The van der Waals surface area contributed by atoms with Crippen LogP contribution in [0.1, 0.15) is 25.5 Å². The Hall–Kier alpha value is -2.43. The lowest BCUT2D eigenvalue weighted by Gasteiger charge is -2.08. The molecule has 102 valence electrons. The molecule has 0 radical (unpaired) electrons. The lowest BCUT2D eigenvalue weighted by atomic mass is 10.0. The van der Waals surface area contributed by atoms with Crippen LogP contribution < -0.4 is 5.69 Å². The molecule has 0 amide bonds.